The third kappa shape index (κ3) is 5.69. The Labute approximate surface area is 189 Å². The van der Waals surface area contributed by atoms with E-state index < -0.39 is 5.91 Å². The Kier molecular flexibility index (Phi) is 8.14. The number of carbonyl (C=O) groups excluding carboxylic acids is 1. The number of ether oxygens (including phenoxy) is 2. The quantitative estimate of drug-likeness (QED) is 0.336. The van der Waals surface area contributed by atoms with Crippen molar-refractivity contribution in [2.75, 3.05) is 13.7 Å². The lowest BCUT2D eigenvalue weighted by Gasteiger charge is -2.11. The number of aryl methyl sites for hydroxylation is 1. The van der Waals surface area contributed by atoms with Gasteiger partial charge in [0.25, 0.3) is 5.91 Å². The van der Waals surface area contributed by atoms with Crippen LogP contribution in [0.3, 0.4) is 0 Å². The normalized spacial score (nSPS) is 10.9. The van der Waals surface area contributed by atoms with Crippen molar-refractivity contribution in [1.29, 1.82) is 0 Å². The van der Waals surface area contributed by atoms with E-state index in [2.05, 4.69) is 74.2 Å². The lowest BCUT2D eigenvalue weighted by atomic mass is 10.2. The molecule has 2 aromatic rings. The van der Waals surface area contributed by atoms with Gasteiger partial charge >= 0.3 is 0 Å². The van der Waals surface area contributed by atoms with Gasteiger partial charge in [-0.15, -0.1) is 0 Å². The summed E-state index contributed by atoms with van der Waals surface area (Å²) in [5, 5.41) is 14.0. The van der Waals surface area contributed by atoms with E-state index in [9.17, 15) is 9.90 Å². The van der Waals surface area contributed by atoms with Crippen molar-refractivity contribution in [1.82, 2.24) is 5.43 Å². The zero-order valence-corrected chi connectivity index (χ0v) is 20.5. The van der Waals surface area contributed by atoms with Gasteiger partial charge in [-0.2, -0.15) is 5.10 Å². The van der Waals surface area contributed by atoms with Crippen LogP contribution in [0.15, 0.2) is 41.2 Å². The summed E-state index contributed by atoms with van der Waals surface area (Å²) in [4.78, 5) is 11.9. The number of halogens is 4. The van der Waals surface area contributed by atoms with Gasteiger partial charge in [0.2, 0.25) is 0 Å². The summed E-state index contributed by atoms with van der Waals surface area (Å²) >= 11 is 13.4. The highest BCUT2D eigenvalue weighted by Gasteiger charge is 2.14. The van der Waals surface area contributed by atoms with Gasteiger partial charge in [0.15, 0.2) is 12.4 Å². The molecule has 0 spiro atoms. The van der Waals surface area contributed by atoms with Gasteiger partial charge < -0.3 is 14.6 Å². The lowest BCUT2D eigenvalue weighted by Crippen LogP contribution is -2.24. The molecule has 2 rings (SSSR count). The van der Waals surface area contributed by atoms with E-state index in [0.29, 0.717) is 26.0 Å². The number of aromatic hydroxyl groups is 1. The molecule has 0 aromatic heterocycles. The molecule has 27 heavy (non-hydrogen) atoms. The first-order valence-electron chi connectivity index (χ1n) is 7.39. The highest BCUT2D eigenvalue weighted by atomic mass is 79.9. The predicted octanol–water partition coefficient (Wildman–Crippen LogP) is 5.29. The van der Waals surface area contributed by atoms with Crippen molar-refractivity contribution in [3.05, 3.63) is 47.2 Å². The number of rotatable bonds is 6. The second-order valence-corrected chi connectivity index (χ2v) is 8.64. The predicted molar refractivity (Wildman–Crippen MR) is 118 cm³/mol. The van der Waals surface area contributed by atoms with Gasteiger partial charge in [-0.1, -0.05) is 0 Å². The highest BCUT2D eigenvalue weighted by molar-refractivity contribution is 9.11. The van der Waals surface area contributed by atoms with Crippen LogP contribution in [0.4, 0.5) is 0 Å². The largest absolute Gasteiger partial charge is 0.506 e. The molecule has 0 heterocycles. The van der Waals surface area contributed by atoms with Crippen molar-refractivity contribution in [3.8, 4) is 17.2 Å². The number of hydrogen-bond acceptors (Lipinski definition) is 5. The number of phenols is 1. The van der Waals surface area contributed by atoms with E-state index in [4.69, 9.17) is 9.47 Å². The molecule has 0 saturated heterocycles. The van der Waals surface area contributed by atoms with E-state index in [1.807, 2.05) is 19.1 Å². The molecule has 0 fully saturated rings. The number of hydrogen-bond donors (Lipinski definition) is 2. The third-order valence-corrected chi connectivity index (χ3v) is 5.77. The molecule has 0 radical (unpaired) electrons. The molecule has 0 aliphatic carbocycles. The first-order valence-corrected chi connectivity index (χ1v) is 10.6. The molecule has 0 saturated carbocycles. The first-order chi connectivity index (χ1) is 12.7. The van der Waals surface area contributed by atoms with Gasteiger partial charge in [-0.3, -0.25) is 4.79 Å². The second kappa shape index (κ2) is 9.90. The van der Waals surface area contributed by atoms with Crippen LogP contribution >= 0.6 is 63.7 Å². The summed E-state index contributed by atoms with van der Waals surface area (Å²) in [6, 6.07) is 5.39. The van der Waals surface area contributed by atoms with Crippen LogP contribution in [-0.4, -0.2) is 30.9 Å². The van der Waals surface area contributed by atoms with Gasteiger partial charge in [0, 0.05) is 5.56 Å². The molecule has 1 amide bonds. The number of phenolic OH excluding ortho intramolecular Hbond substituents is 1. The van der Waals surface area contributed by atoms with Crippen molar-refractivity contribution in [2.24, 2.45) is 5.10 Å². The van der Waals surface area contributed by atoms with Crippen LogP contribution in [0.2, 0.25) is 0 Å². The number of nitrogens with one attached hydrogen (secondary N) is 1. The number of carbonyl (C=O) groups is 1. The highest BCUT2D eigenvalue weighted by Crippen LogP contribution is 2.41. The summed E-state index contributed by atoms with van der Waals surface area (Å²) in [7, 11) is 1.49. The first kappa shape index (κ1) is 22.2. The average molecular weight is 630 g/mol. The molecular formula is C17H14Br4N2O4. The Morgan fingerprint density at radius 3 is 2.33 bits per heavy atom. The number of hydrazone groups is 1. The number of nitrogens with zero attached hydrogens (tertiary/aromatic N) is 1. The van der Waals surface area contributed by atoms with Gasteiger partial charge in [0.1, 0.15) is 16.0 Å². The molecule has 2 aromatic carbocycles. The van der Waals surface area contributed by atoms with Crippen molar-refractivity contribution >= 4 is 75.8 Å². The van der Waals surface area contributed by atoms with Crippen molar-refractivity contribution in [2.45, 2.75) is 6.92 Å². The fourth-order valence-electron chi connectivity index (χ4n) is 2.06. The van der Waals surface area contributed by atoms with Crippen LogP contribution in [0, 0.1) is 6.92 Å². The van der Waals surface area contributed by atoms with Crippen LogP contribution in [0.25, 0.3) is 0 Å². The van der Waals surface area contributed by atoms with Crippen molar-refractivity contribution in [3.63, 3.8) is 0 Å². The molecule has 0 bridgehead atoms. The number of benzene rings is 2. The topological polar surface area (TPSA) is 80.2 Å². The Balaban J connectivity index is 2.00. The Bertz CT molecular complexity index is 880. The van der Waals surface area contributed by atoms with Gasteiger partial charge in [-0.25, -0.2) is 5.43 Å². The summed E-state index contributed by atoms with van der Waals surface area (Å²) in [6.07, 6.45) is 1.32. The molecule has 0 aliphatic rings. The minimum atomic E-state index is -0.447. The summed E-state index contributed by atoms with van der Waals surface area (Å²) in [5.41, 5.74) is 3.79. The zero-order chi connectivity index (χ0) is 20.1. The maximum atomic E-state index is 11.9. The smallest absolute Gasteiger partial charge is 0.277 e. The summed E-state index contributed by atoms with van der Waals surface area (Å²) in [5.74, 6) is 0.477. The second-order valence-electron chi connectivity index (χ2n) is 5.28. The molecule has 2 N–H and O–H groups in total. The van der Waals surface area contributed by atoms with Gasteiger partial charge in [0.05, 0.1) is 26.7 Å². The summed E-state index contributed by atoms with van der Waals surface area (Å²) < 4.78 is 13.2. The number of amides is 1. The fraction of sp³-hybridized carbons (Fsp3) is 0.176. The number of methoxy groups -OCH3 is 1. The standard InChI is InChI=1S/C17H14Br4N2O4/c1-8-3-10(18)16(11(19)4-8)27-7-13(24)23-22-6-9-5-12(20)17(26-2)14(21)15(9)25/h3-6,25H,7H2,1-2H3,(H,23,24)/b22-6-. The Hall–Kier alpha value is -1.10. The zero-order valence-electron chi connectivity index (χ0n) is 14.1. The Morgan fingerprint density at radius 2 is 1.74 bits per heavy atom. The minimum absolute atomic E-state index is 0.0585. The molecule has 144 valence electrons. The van der Waals surface area contributed by atoms with E-state index in [0.717, 1.165) is 14.5 Å². The lowest BCUT2D eigenvalue weighted by molar-refractivity contribution is -0.123. The van der Waals surface area contributed by atoms with Crippen LogP contribution < -0.4 is 14.9 Å². The molecule has 10 heteroatoms. The van der Waals surface area contributed by atoms with Gasteiger partial charge in [-0.05, 0) is 94.4 Å². The van der Waals surface area contributed by atoms with E-state index in [1.165, 1.54) is 13.3 Å². The van der Waals surface area contributed by atoms with Crippen LogP contribution in [0.1, 0.15) is 11.1 Å². The van der Waals surface area contributed by atoms with E-state index >= 15 is 0 Å². The van der Waals surface area contributed by atoms with Crippen LogP contribution in [0.5, 0.6) is 17.2 Å². The maximum Gasteiger partial charge on any atom is 0.277 e. The summed E-state index contributed by atoms with van der Waals surface area (Å²) in [6.45, 7) is 1.73. The SMILES string of the molecule is COc1c(Br)cc(/C=N\NC(=O)COc2c(Br)cc(C)cc2Br)c(O)c1Br. The molecule has 0 atom stereocenters. The van der Waals surface area contributed by atoms with Crippen molar-refractivity contribution < 1.29 is 19.4 Å². The fourth-order valence-corrected chi connectivity index (χ4v) is 5.18. The molecular weight excluding hydrogens is 616 g/mol. The third-order valence-electron chi connectivity index (χ3n) is 3.27. The molecule has 0 unspecified atom stereocenters. The maximum absolute atomic E-state index is 11.9. The molecule has 0 aliphatic heterocycles. The van der Waals surface area contributed by atoms with E-state index in [1.54, 1.807) is 6.07 Å². The minimum Gasteiger partial charge on any atom is -0.506 e. The van der Waals surface area contributed by atoms with E-state index in [-0.39, 0.29) is 12.4 Å². The van der Waals surface area contributed by atoms with Crippen LogP contribution in [-0.2, 0) is 4.79 Å². The Morgan fingerprint density at radius 1 is 1.15 bits per heavy atom. The average Bonchev–Trinajstić information content (AvgIpc) is 2.58. The molecule has 6 nitrogen and oxygen atoms in total. The monoisotopic (exact) mass is 626 g/mol.